The highest BCUT2D eigenvalue weighted by Gasteiger charge is 2.17. The number of nitrogens with zero attached hydrogens (tertiary/aromatic N) is 3. The summed E-state index contributed by atoms with van der Waals surface area (Å²) in [5, 5.41) is 3.46. The number of halogens is 1. The molecule has 2 heterocycles. The van der Waals surface area contributed by atoms with Crippen molar-refractivity contribution in [3.05, 3.63) is 39.3 Å². The second-order valence-electron chi connectivity index (χ2n) is 4.87. The highest BCUT2D eigenvalue weighted by molar-refractivity contribution is 7.09. The van der Waals surface area contributed by atoms with E-state index in [2.05, 4.69) is 41.1 Å². The average molecular weight is 268 g/mol. The predicted octanol–water partition coefficient (Wildman–Crippen LogP) is 3.47. The van der Waals surface area contributed by atoms with Crippen molar-refractivity contribution in [3.8, 4) is 0 Å². The zero-order chi connectivity index (χ0) is 12.5. The molecule has 2 aromatic rings. The molecule has 90 valence electrons. The van der Waals surface area contributed by atoms with Gasteiger partial charge in [0, 0.05) is 23.4 Å². The van der Waals surface area contributed by atoms with E-state index in [1.165, 1.54) is 0 Å². The molecule has 3 nitrogen and oxygen atoms in total. The Hall–Kier alpha value is -1.00. The lowest BCUT2D eigenvalue weighted by Gasteiger charge is -2.14. The molecule has 0 N–H and O–H groups in total. The number of thiazole rings is 1. The van der Waals surface area contributed by atoms with E-state index in [1.54, 1.807) is 17.5 Å². The molecule has 0 atom stereocenters. The van der Waals surface area contributed by atoms with Gasteiger partial charge >= 0.3 is 0 Å². The van der Waals surface area contributed by atoms with Crippen molar-refractivity contribution in [1.82, 2.24) is 15.0 Å². The molecule has 0 radical (unpaired) electrons. The minimum absolute atomic E-state index is 0.0953. The SMILES string of the molecule is CC(C)(C)c1csc(Cc2ccnc(Cl)n2)n1. The minimum Gasteiger partial charge on any atom is -0.245 e. The van der Waals surface area contributed by atoms with Crippen LogP contribution in [0.1, 0.15) is 37.2 Å². The van der Waals surface area contributed by atoms with E-state index in [4.69, 9.17) is 11.6 Å². The van der Waals surface area contributed by atoms with Gasteiger partial charge in [-0.2, -0.15) is 0 Å². The second kappa shape index (κ2) is 4.70. The first-order valence-electron chi connectivity index (χ1n) is 5.37. The van der Waals surface area contributed by atoms with E-state index in [1.807, 2.05) is 6.07 Å². The normalized spacial score (nSPS) is 11.8. The van der Waals surface area contributed by atoms with Crippen molar-refractivity contribution in [1.29, 1.82) is 0 Å². The molecular weight excluding hydrogens is 254 g/mol. The number of rotatable bonds is 2. The van der Waals surface area contributed by atoms with Gasteiger partial charge in [0.05, 0.1) is 16.4 Å². The predicted molar refractivity (Wildman–Crippen MR) is 70.7 cm³/mol. The minimum atomic E-state index is 0.0953. The van der Waals surface area contributed by atoms with Gasteiger partial charge < -0.3 is 0 Å². The molecule has 2 aromatic heterocycles. The van der Waals surface area contributed by atoms with Gasteiger partial charge in [-0.25, -0.2) is 15.0 Å². The molecule has 0 saturated carbocycles. The maximum Gasteiger partial charge on any atom is 0.222 e. The summed E-state index contributed by atoms with van der Waals surface area (Å²) in [5.41, 5.74) is 2.12. The summed E-state index contributed by atoms with van der Waals surface area (Å²) in [4.78, 5) is 12.6. The first-order chi connectivity index (χ1) is 7.95. The van der Waals surface area contributed by atoms with Crippen molar-refractivity contribution in [3.63, 3.8) is 0 Å². The van der Waals surface area contributed by atoms with Gasteiger partial charge in [-0.15, -0.1) is 11.3 Å². The highest BCUT2D eigenvalue weighted by Crippen LogP contribution is 2.24. The Bertz CT molecular complexity index is 516. The van der Waals surface area contributed by atoms with Gasteiger partial charge in [-0.05, 0) is 17.7 Å². The van der Waals surface area contributed by atoms with Crippen LogP contribution in [0.2, 0.25) is 5.28 Å². The van der Waals surface area contributed by atoms with Gasteiger partial charge in [0.15, 0.2) is 0 Å². The third-order valence-electron chi connectivity index (χ3n) is 2.34. The molecule has 0 bridgehead atoms. The van der Waals surface area contributed by atoms with Crippen LogP contribution < -0.4 is 0 Å². The Morgan fingerprint density at radius 3 is 2.65 bits per heavy atom. The summed E-state index contributed by atoms with van der Waals surface area (Å²) in [5.74, 6) is 0. The Morgan fingerprint density at radius 1 is 1.29 bits per heavy atom. The van der Waals surface area contributed by atoms with Crippen LogP contribution in [0.4, 0.5) is 0 Å². The second-order valence-corrected chi connectivity index (χ2v) is 6.15. The maximum absolute atomic E-state index is 5.75. The molecule has 0 aliphatic rings. The van der Waals surface area contributed by atoms with E-state index >= 15 is 0 Å². The highest BCUT2D eigenvalue weighted by atomic mass is 35.5. The number of aromatic nitrogens is 3. The molecule has 0 amide bonds. The van der Waals surface area contributed by atoms with Gasteiger partial charge in [0.25, 0.3) is 0 Å². The summed E-state index contributed by atoms with van der Waals surface area (Å²) in [6.07, 6.45) is 2.38. The molecule has 0 saturated heterocycles. The van der Waals surface area contributed by atoms with E-state index < -0.39 is 0 Å². The van der Waals surface area contributed by atoms with Crippen LogP contribution in [0, 0.1) is 0 Å². The Labute approximate surface area is 110 Å². The average Bonchev–Trinajstić information content (AvgIpc) is 2.65. The maximum atomic E-state index is 5.75. The molecule has 0 aliphatic carbocycles. The standard InChI is InChI=1S/C12H14ClN3S/c1-12(2,3)9-7-17-10(16-9)6-8-4-5-14-11(13)15-8/h4-5,7H,6H2,1-3H3. The third-order valence-corrected chi connectivity index (χ3v) is 3.37. The molecule has 2 rings (SSSR count). The molecule has 0 aromatic carbocycles. The van der Waals surface area contributed by atoms with Crippen LogP contribution in [-0.4, -0.2) is 15.0 Å². The van der Waals surface area contributed by atoms with Crippen molar-refractivity contribution in [2.24, 2.45) is 0 Å². The summed E-state index contributed by atoms with van der Waals surface area (Å²) >= 11 is 7.41. The van der Waals surface area contributed by atoms with Gasteiger partial charge in [-0.1, -0.05) is 20.8 Å². The van der Waals surface area contributed by atoms with Crippen molar-refractivity contribution >= 4 is 22.9 Å². The van der Waals surface area contributed by atoms with Crippen LogP contribution in [0.15, 0.2) is 17.6 Å². The monoisotopic (exact) mass is 267 g/mol. The fourth-order valence-corrected chi connectivity index (χ4v) is 2.56. The quantitative estimate of drug-likeness (QED) is 0.782. The van der Waals surface area contributed by atoms with E-state index in [9.17, 15) is 0 Å². The van der Waals surface area contributed by atoms with Crippen molar-refractivity contribution in [2.75, 3.05) is 0 Å². The number of hydrogen-bond acceptors (Lipinski definition) is 4. The van der Waals surface area contributed by atoms with Crippen LogP contribution in [-0.2, 0) is 11.8 Å². The van der Waals surface area contributed by atoms with Crippen molar-refractivity contribution < 1.29 is 0 Å². The Morgan fingerprint density at radius 2 is 2.06 bits per heavy atom. The van der Waals surface area contributed by atoms with E-state index in [-0.39, 0.29) is 10.7 Å². The molecule has 17 heavy (non-hydrogen) atoms. The molecule has 5 heteroatoms. The number of hydrogen-bond donors (Lipinski definition) is 0. The van der Waals surface area contributed by atoms with Gasteiger partial charge in [-0.3, -0.25) is 0 Å². The van der Waals surface area contributed by atoms with Crippen LogP contribution >= 0.6 is 22.9 Å². The zero-order valence-corrected chi connectivity index (χ0v) is 11.6. The fourth-order valence-electron chi connectivity index (χ4n) is 1.36. The Kier molecular flexibility index (Phi) is 3.45. The topological polar surface area (TPSA) is 38.7 Å². The lowest BCUT2D eigenvalue weighted by Crippen LogP contribution is -2.11. The smallest absolute Gasteiger partial charge is 0.222 e. The third kappa shape index (κ3) is 3.23. The summed E-state index contributed by atoms with van der Waals surface area (Å²) in [6, 6.07) is 1.87. The van der Waals surface area contributed by atoms with Crippen LogP contribution in [0.3, 0.4) is 0 Å². The Balaban J connectivity index is 2.17. The van der Waals surface area contributed by atoms with Gasteiger partial charge in [0.2, 0.25) is 5.28 Å². The summed E-state index contributed by atoms with van der Waals surface area (Å²) in [6.45, 7) is 6.48. The largest absolute Gasteiger partial charge is 0.245 e. The summed E-state index contributed by atoms with van der Waals surface area (Å²) in [7, 11) is 0. The van der Waals surface area contributed by atoms with Gasteiger partial charge in [0.1, 0.15) is 0 Å². The van der Waals surface area contributed by atoms with E-state index in [0.29, 0.717) is 6.42 Å². The lowest BCUT2D eigenvalue weighted by atomic mass is 9.93. The molecule has 0 aliphatic heterocycles. The molecule has 0 fully saturated rings. The summed E-state index contributed by atoms with van der Waals surface area (Å²) < 4.78 is 0. The van der Waals surface area contributed by atoms with Crippen molar-refractivity contribution in [2.45, 2.75) is 32.6 Å². The fraction of sp³-hybridized carbons (Fsp3) is 0.417. The first kappa shape index (κ1) is 12.5. The van der Waals surface area contributed by atoms with E-state index in [0.717, 1.165) is 16.4 Å². The molecule has 0 unspecified atom stereocenters. The van der Waals surface area contributed by atoms with Crippen LogP contribution in [0.5, 0.6) is 0 Å². The molecule has 0 spiro atoms. The molecular formula is C12H14ClN3S. The zero-order valence-electron chi connectivity index (χ0n) is 10.1. The van der Waals surface area contributed by atoms with Crippen LogP contribution in [0.25, 0.3) is 0 Å². The lowest BCUT2D eigenvalue weighted by molar-refractivity contribution is 0.571. The first-order valence-corrected chi connectivity index (χ1v) is 6.63.